The molecule has 3 saturated heterocycles. The molecule has 6 rings (SSSR count). The number of fused-ring (bicyclic) bond motifs is 3. The SMILES string of the molecule is O=C(C[N+]12CCC(CC1)[C@@H](OC(=O)C(O)(c1ccoc1)c1ccoc1)C2)Nc1cnccn1.[Br-]. The predicted octanol–water partition coefficient (Wildman–Crippen LogP) is -1.31. The van der Waals surface area contributed by atoms with Crippen molar-refractivity contribution in [1.29, 1.82) is 0 Å². The molecule has 1 amide bonds. The summed E-state index contributed by atoms with van der Waals surface area (Å²) < 4.78 is 16.6. The Morgan fingerprint density at radius 3 is 2.38 bits per heavy atom. The molecule has 2 bridgehead atoms. The first-order valence-electron chi connectivity index (χ1n) is 10.9. The van der Waals surface area contributed by atoms with Gasteiger partial charge in [0.25, 0.3) is 5.91 Å². The Labute approximate surface area is 206 Å². The Morgan fingerprint density at radius 1 is 1.15 bits per heavy atom. The molecule has 3 aromatic rings. The van der Waals surface area contributed by atoms with Crippen LogP contribution in [0.3, 0.4) is 0 Å². The quantitative estimate of drug-likeness (QED) is 0.283. The molecular weight excluding hydrogens is 508 g/mol. The van der Waals surface area contributed by atoms with E-state index in [1.54, 1.807) is 6.20 Å². The number of piperidine rings is 3. The van der Waals surface area contributed by atoms with Gasteiger partial charge in [-0.25, -0.2) is 9.78 Å². The highest BCUT2D eigenvalue weighted by Gasteiger charge is 2.51. The first kappa shape index (κ1) is 24.1. The monoisotopic (exact) mass is 532 g/mol. The van der Waals surface area contributed by atoms with E-state index < -0.39 is 17.7 Å². The minimum atomic E-state index is -2.04. The standard InChI is InChI=1S/C23H24N4O6.BrH/c28-21(26-20-11-24-5-6-25-20)13-27-7-1-16(2-8-27)19(12-27)33-22(29)23(30,17-3-9-31-14-17)18-4-10-32-15-18;/h3-6,9-11,14-16,19,30H,1-2,7-8,12-13H2;1H/t16?,19-,27?;/m0./s1. The lowest BCUT2D eigenvalue weighted by molar-refractivity contribution is -0.939. The van der Waals surface area contributed by atoms with E-state index in [4.69, 9.17) is 13.6 Å². The summed E-state index contributed by atoms with van der Waals surface area (Å²) in [5.74, 6) is -0.351. The zero-order valence-electron chi connectivity index (χ0n) is 18.3. The first-order valence-corrected chi connectivity index (χ1v) is 10.9. The zero-order chi connectivity index (χ0) is 22.9. The third kappa shape index (κ3) is 4.50. The highest BCUT2D eigenvalue weighted by atomic mass is 79.9. The fourth-order valence-corrected chi connectivity index (χ4v) is 4.99. The molecule has 180 valence electrons. The Balaban J connectivity index is 0.00000274. The maximum absolute atomic E-state index is 13.3. The van der Waals surface area contributed by atoms with Crippen molar-refractivity contribution in [2.24, 2.45) is 5.92 Å². The van der Waals surface area contributed by atoms with Gasteiger partial charge in [0.05, 0.1) is 44.3 Å². The lowest BCUT2D eigenvalue weighted by Crippen LogP contribution is -3.00. The molecule has 2 N–H and O–H groups in total. The van der Waals surface area contributed by atoms with Crippen molar-refractivity contribution in [2.75, 3.05) is 31.5 Å². The number of quaternary nitrogens is 1. The number of nitrogens with one attached hydrogen (secondary N) is 1. The van der Waals surface area contributed by atoms with Crippen molar-refractivity contribution in [3.8, 4) is 0 Å². The van der Waals surface area contributed by atoms with E-state index in [1.807, 2.05) is 0 Å². The van der Waals surface area contributed by atoms with Crippen molar-refractivity contribution in [3.05, 3.63) is 66.9 Å². The average Bonchev–Trinajstić information content (AvgIpc) is 3.54. The van der Waals surface area contributed by atoms with Gasteiger partial charge in [-0.05, 0) is 12.1 Å². The predicted molar refractivity (Wildman–Crippen MR) is 113 cm³/mol. The molecule has 1 atom stereocenters. The molecule has 3 aliphatic heterocycles. The first-order chi connectivity index (χ1) is 16.0. The van der Waals surface area contributed by atoms with Crippen molar-refractivity contribution in [3.63, 3.8) is 0 Å². The number of rotatable bonds is 7. The molecule has 0 saturated carbocycles. The molecule has 0 spiro atoms. The van der Waals surface area contributed by atoms with Crippen LogP contribution in [0.2, 0.25) is 0 Å². The Morgan fingerprint density at radius 2 is 1.82 bits per heavy atom. The van der Waals surface area contributed by atoms with Gasteiger partial charge in [-0.1, -0.05) is 0 Å². The number of anilines is 1. The molecule has 6 heterocycles. The molecule has 3 aliphatic rings. The van der Waals surface area contributed by atoms with E-state index in [-0.39, 0.29) is 46.5 Å². The second kappa shape index (κ2) is 9.69. The van der Waals surface area contributed by atoms with E-state index >= 15 is 0 Å². The molecular formula is C23H25BrN4O6. The van der Waals surface area contributed by atoms with Gasteiger partial charge >= 0.3 is 5.97 Å². The third-order valence-corrected chi connectivity index (χ3v) is 6.78. The number of hydrogen-bond acceptors (Lipinski definition) is 8. The Hall–Kier alpha value is -3.02. The van der Waals surface area contributed by atoms with Crippen molar-refractivity contribution < 1.29 is 49.7 Å². The van der Waals surface area contributed by atoms with Gasteiger partial charge in [-0.15, -0.1) is 0 Å². The second-order valence-corrected chi connectivity index (χ2v) is 8.78. The summed E-state index contributed by atoms with van der Waals surface area (Å²) in [4.78, 5) is 34.1. The van der Waals surface area contributed by atoms with E-state index in [2.05, 4.69) is 15.3 Å². The van der Waals surface area contributed by atoms with E-state index in [1.165, 1.54) is 49.6 Å². The summed E-state index contributed by atoms with van der Waals surface area (Å²) in [5.41, 5.74) is -1.51. The van der Waals surface area contributed by atoms with Crippen LogP contribution in [-0.4, -0.2) is 63.7 Å². The molecule has 0 aromatic carbocycles. The summed E-state index contributed by atoms with van der Waals surface area (Å²) >= 11 is 0. The summed E-state index contributed by atoms with van der Waals surface area (Å²) in [6.07, 6.45) is 11.2. The largest absolute Gasteiger partial charge is 1.00 e. The van der Waals surface area contributed by atoms with Crippen molar-refractivity contribution >= 4 is 17.7 Å². The molecule has 0 radical (unpaired) electrons. The minimum Gasteiger partial charge on any atom is -1.00 e. The summed E-state index contributed by atoms with van der Waals surface area (Å²) in [5, 5.41) is 14.2. The van der Waals surface area contributed by atoms with Gasteiger partial charge in [0.15, 0.2) is 18.5 Å². The van der Waals surface area contributed by atoms with Gasteiger partial charge < -0.3 is 45.5 Å². The van der Waals surface area contributed by atoms with Gasteiger partial charge in [-0.3, -0.25) is 9.78 Å². The van der Waals surface area contributed by atoms with E-state index in [0.29, 0.717) is 16.8 Å². The number of esters is 1. The van der Waals surface area contributed by atoms with Crippen LogP contribution in [0, 0.1) is 5.92 Å². The fraction of sp³-hybridized carbons (Fsp3) is 0.391. The topological polar surface area (TPSA) is 128 Å². The van der Waals surface area contributed by atoms with Crippen LogP contribution in [0.25, 0.3) is 0 Å². The fourth-order valence-electron chi connectivity index (χ4n) is 4.99. The average molecular weight is 533 g/mol. The summed E-state index contributed by atoms with van der Waals surface area (Å²) in [6.45, 7) is 2.43. The van der Waals surface area contributed by atoms with Crippen LogP contribution in [0.1, 0.15) is 24.0 Å². The molecule has 34 heavy (non-hydrogen) atoms. The molecule has 3 fully saturated rings. The van der Waals surface area contributed by atoms with Crippen LogP contribution >= 0.6 is 0 Å². The zero-order valence-corrected chi connectivity index (χ0v) is 19.9. The van der Waals surface area contributed by atoms with Crippen LogP contribution in [0.15, 0.2) is 64.6 Å². The molecule has 3 aromatic heterocycles. The number of carbonyl (C=O) groups is 2. The second-order valence-electron chi connectivity index (χ2n) is 8.78. The van der Waals surface area contributed by atoms with Crippen LogP contribution in [-0.2, 0) is 19.9 Å². The number of aromatic nitrogens is 2. The normalized spacial score (nSPS) is 23.7. The molecule has 10 nitrogen and oxygen atoms in total. The van der Waals surface area contributed by atoms with Crippen LogP contribution in [0.5, 0.6) is 0 Å². The molecule has 11 heteroatoms. The summed E-state index contributed by atoms with van der Waals surface area (Å²) in [7, 11) is 0. The maximum Gasteiger partial charge on any atom is 0.348 e. The van der Waals surface area contributed by atoms with Gasteiger partial charge in [0.2, 0.25) is 5.60 Å². The number of amides is 1. The number of hydrogen-bond donors (Lipinski definition) is 2. The number of furan rings is 2. The van der Waals surface area contributed by atoms with Crippen LogP contribution in [0.4, 0.5) is 5.82 Å². The summed E-state index contributed by atoms with van der Waals surface area (Å²) in [6, 6.07) is 3.05. The van der Waals surface area contributed by atoms with Crippen LogP contribution < -0.4 is 22.3 Å². The minimum absolute atomic E-state index is 0. The van der Waals surface area contributed by atoms with Gasteiger partial charge in [0.1, 0.15) is 6.54 Å². The van der Waals surface area contributed by atoms with Crippen molar-refractivity contribution in [1.82, 2.24) is 9.97 Å². The maximum atomic E-state index is 13.3. The van der Waals surface area contributed by atoms with Crippen molar-refractivity contribution in [2.45, 2.75) is 24.5 Å². The highest BCUT2D eigenvalue weighted by Crippen LogP contribution is 2.38. The Kier molecular flexibility index (Phi) is 6.87. The number of aliphatic hydroxyl groups is 1. The smallest absolute Gasteiger partial charge is 0.348 e. The Bertz CT molecular complexity index is 1060. The number of ether oxygens (including phenoxy) is 1. The highest BCUT2D eigenvalue weighted by molar-refractivity contribution is 5.90. The molecule has 0 unspecified atom stereocenters. The number of carbonyl (C=O) groups excluding carboxylic acids is 2. The van der Waals surface area contributed by atoms with Gasteiger partial charge in [-0.2, -0.15) is 0 Å². The number of nitrogens with zero attached hydrogens (tertiary/aromatic N) is 3. The molecule has 0 aliphatic carbocycles. The van der Waals surface area contributed by atoms with E-state index in [9.17, 15) is 14.7 Å². The third-order valence-electron chi connectivity index (χ3n) is 6.78. The lowest BCUT2D eigenvalue weighted by atomic mass is 9.82. The lowest BCUT2D eigenvalue weighted by Gasteiger charge is -2.51. The number of halogens is 1. The van der Waals surface area contributed by atoms with Gasteiger partial charge in [0, 0.05) is 42.3 Å². The van der Waals surface area contributed by atoms with E-state index in [0.717, 1.165) is 25.9 Å².